The second-order valence-electron chi connectivity index (χ2n) is 8.03. The molecule has 0 aliphatic heterocycles. The number of nitrogens with zero attached hydrogens (tertiary/aromatic N) is 2. The van der Waals surface area contributed by atoms with Crippen molar-refractivity contribution in [1.82, 2.24) is 18.9 Å². The SMILES string of the molecule is CCCNC(=O)C(=Cc1cn(S(=O)(=O)N(C)C)c2ccccc12)NC(=O)c1ccc(OC)c(OC)c1. The summed E-state index contributed by atoms with van der Waals surface area (Å²) in [4.78, 5) is 26.0. The Balaban J connectivity index is 2.09. The lowest BCUT2D eigenvalue weighted by atomic mass is 10.1. The summed E-state index contributed by atoms with van der Waals surface area (Å²) in [5.74, 6) is -0.222. The van der Waals surface area contributed by atoms with E-state index in [0.717, 1.165) is 8.28 Å². The Morgan fingerprint density at radius 3 is 2.39 bits per heavy atom. The molecule has 0 unspecified atom stereocenters. The smallest absolute Gasteiger partial charge is 0.307 e. The molecule has 3 aromatic rings. The lowest BCUT2D eigenvalue weighted by molar-refractivity contribution is -0.117. The van der Waals surface area contributed by atoms with Gasteiger partial charge in [-0.2, -0.15) is 12.7 Å². The molecule has 0 spiro atoms. The summed E-state index contributed by atoms with van der Waals surface area (Å²) in [5, 5.41) is 6.01. The molecule has 0 aliphatic carbocycles. The number of carbonyl (C=O) groups excluding carboxylic acids is 2. The van der Waals surface area contributed by atoms with Crippen LogP contribution in [-0.4, -0.2) is 63.4 Å². The molecule has 192 valence electrons. The average molecular weight is 515 g/mol. The molecule has 1 aromatic heterocycles. The number of methoxy groups -OCH3 is 2. The summed E-state index contributed by atoms with van der Waals surface area (Å²) in [7, 11) is 2.00. The van der Waals surface area contributed by atoms with Gasteiger partial charge in [-0.05, 0) is 36.8 Å². The highest BCUT2D eigenvalue weighted by Gasteiger charge is 2.22. The molecular formula is C25H30N4O6S. The van der Waals surface area contributed by atoms with Crippen LogP contribution in [0.25, 0.3) is 17.0 Å². The number of carbonyl (C=O) groups is 2. The molecule has 36 heavy (non-hydrogen) atoms. The molecule has 0 radical (unpaired) electrons. The Bertz CT molecular complexity index is 1410. The number of benzene rings is 2. The summed E-state index contributed by atoms with van der Waals surface area (Å²) in [6.07, 6.45) is 3.59. The molecule has 0 fully saturated rings. The molecule has 0 atom stereocenters. The van der Waals surface area contributed by atoms with Crippen LogP contribution in [0.2, 0.25) is 0 Å². The van der Waals surface area contributed by atoms with Gasteiger partial charge in [0.05, 0.1) is 19.7 Å². The average Bonchev–Trinajstić information content (AvgIpc) is 3.25. The summed E-state index contributed by atoms with van der Waals surface area (Å²) in [5.41, 5.74) is 1.11. The Morgan fingerprint density at radius 1 is 1.06 bits per heavy atom. The van der Waals surface area contributed by atoms with Crippen molar-refractivity contribution in [3.63, 3.8) is 0 Å². The van der Waals surface area contributed by atoms with Crippen LogP contribution in [-0.2, 0) is 15.0 Å². The van der Waals surface area contributed by atoms with Crippen molar-refractivity contribution in [3.05, 3.63) is 65.5 Å². The molecule has 0 bridgehead atoms. The Kier molecular flexibility index (Phi) is 8.38. The fourth-order valence-electron chi connectivity index (χ4n) is 3.48. The first-order valence-corrected chi connectivity index (χ1v) is 12.6. The maximum absolute atomic E-state index is 13.1. The van der Waals surface area contributed by atoms with Crippen molar-refractivity contribution in [2.75, 3.05) is 34.9 Å². The van der Waals surface area contributed by atoms with Crippen LogP contribution in [0.15, 0.2) is 54.4 Å². The summed E-state index contributed by atoms with van der Waals surface area (Å²) >= 11 is 0. The van der Waals surface area contributed by atoms with Gasteiger partial charge < -0.3 is 20.1 Å². The number of fused-ring (bicyclic) bond motifs is 1. The van der Waals surface area contributed by atoms with E-state index in [2.05, 4.69) is 10.6 Å². The molecular weight excluding hydrogens is 484 g/mol. The molecule has 3 rings (SSSR count). The lowest BCUT2D eigenvalue weighted by Crippen LogP contribution is -2.35. The van der Waals surface area contributed by atoms with E-state index in [0.29, 0.717) is 40.9 Å². The summed E-state index contributed by atoms with van der Waals surface area (Å²) < 4.78 is 38.5. The summed E-state index contributed by atoms with van der Waals surface area (Å²) in [6.45, 7) is 2.31. The van der Waals surface area contributed by atoms with Crippen molar-refractivity contribution in [2.24, 2.45) is 0 Å². The van der Waals surface area contributed by atoms with Gasteiger partial charge in [0.15, 0.2) is 11.5 Å². The van der Waals surface area contributed by atoms with Crippen LogP contribution < -0.4 is 20.1 Å². The normalized spacial score (nSPS) is 12.0. The van der Waals surface area contributed by atoms with Crippen molar-refractivity contribution in [3.8, 4) is 11.5 Å². The van der Waals surface area contributed by atoms with E-state index in [1.807, 2.05) is 6.92 Å². The van der Waals surface area contributed by atoms with Crippen LogP contribution in [0, 0.1) is 0 Å². The second-order valence-corrected chi connectivity index (χ2v) is 10.0. The number of hydrogen-bond acceptors (Lipinski definition) is 6. The maximum Gasteiger partial charge on any atom is 0.307 e. The molecule has 0 aliphatic rings. The molecule has 2 amide bonds. The first-order valence-electron chi connectivity index (χ1n) is 11.2. The fourth-order valence-corrected chi connectivity index (χ4v) is 4.48. The first-order chi connectivity index (χ1) is 17.1. The fraction of sp³-hybridized carbons (Fsp3) is 0.280. The van der Waals surface area contributed by atoms with E-state index in [1.165, 1.54) is 46.7 Å². The van der Waals surface area contributed by atoms with Crippen LogP contribution in [0.3, 0.4) is 0 Å². The van der Waals surface area contributed by atoms with Gasteiger partial charge in [-0.3, -0.25) is 9.59 Å². The molecule has 1 heterocycles. The van der Waals surface area contributed by atoms with Crippen LogP contribution in [0.1, 0.15) is 29.3 Å². The zero-order valence-corrected chi connectivity index (χ0v) is 21.7. The molecule has 11 heteroatoms. The third kappa shape index (κ3) is 5.52. The zero-order chi connectivity index (χ0) is 26.5. The largest absolute Gasteiger partial charge is 0.493 e. The number of hydrogen-bond donors (Lipinski definition) is 2. The minimum absolute atomic E-state index is 0.0339. The van der Waals surface area contributed by atoms with Gasteiger partial charge in [0.25, 0.3) is 11.8 Å². The van der Waals surface area contributed by atoms with Gasteiger partial charge in [-0.15, -0.1) is 0 Å². The Morgan fingerprint density at radius 2 is 1.75 bits per heavy atom. The van der Waals surface area contributed by atoms with E-state index < -0.39 is 22.0 Å². The monoisotopic (exact) mass is 514 g/mol. The predicted octanol–water partition coefficient (Wildman–Crippen LogP) is 2.61. The third-order valence-corrected chi connectivity index (χ3v) is 7.11. The van der Waals surface area contributed by atoms with Crippen molar-refractivity contribution >= 4 is 39.0 Å². The number of nitrogens with one attached hydrogen (secondary N) is 2. The molecule has 0 saturated heterocycles. The van der Waals surface area contributed by atoms with E-state index in [1.54, 1.807) is 36.4 Å². The molecule has 2 N–H and O–H groups in total. The first kappa shape index (κ1) is 26.8. The minimum atomic E-state index is -3.83. The number of rotatable bonds is 10. The van der Waals surface area contributed by atoms with Gasteiger partial charge >= 0.3 is 10.2 Å². The van der Waals surface area contributed by atoms with E-state index in [4.69, 9.17) is 9.47 Å². The van der Waals surface area contributed by atoms with Crippen LogP contribution in [0.5, 0.6) is 11.5 Å². The predicted molar refractivity (Wildman–Crippen MR) is 138 cm³/mol. The highest BCUT2D eigenvalue weighted by atomic mass is 32.2. The zero-order valence-electron chi connectivity index (χ0n) is 20.9. The summed E-state index contributed by atoms with van der Waals surface area (Å²) in [6, 6.07) is 11.6. The topological polar surface area (TPSA) is 119 Å². The molecule has 0 saturated carbocycles. The minimum Gasteiger partial charge on any atom is -0.493 e. The Labute approximate surface area is 210 Å². The second kappa shape index (κ2) is 11.3. The van der Waals surface area contributed by atoms with E-state index in [-0.39, 0.29) is 11.3 Å². The van der Waals surface area contributed by atoms with Gasteiger partial charge in [-0.25, -0.2) is 3.97 Å². The molecule has 10 nitrogen and oxygen atoms in total. The third-order valence-electron chi connectivity index (χ3n) is 5.39. The number of para-hydroxylation sites is 1. The lowest BCUT2D eigenvalue weighted by Gasteiger charge is -2.13. The van der Waals surface area contributed by atoms with Crippen LogP contribution >= 0.6 is 0 Å². The van der Waals surface area contributed by atoms with Crippen molar-refractivity contribution in [1.29, 1.82) is 0 Å². The van der Waals surface area contributed by atoms with Gasteiger partial charge in [0.1, 0.15) is 5.70 Å². The highest BCUT2D eigenvalue weighted by Crippen LogP contribution is 2.28. The van der Waals surface area contributed by atoms with E-state index in [9.17, 15) is 18.0 Å². The van der Waals surface area contributed by atoms with Gasteiger partial charge in [0, 0.05) is 43.4 Å². The number of aromatic nitrogens is 1. The maximum atomic E-state index is 13.1. The van der Waals surface area contributed by atoms with Gasteiger partial charge in [-0.1, -0.05) is 25.1 Å². The quantitative estimate of drug-likeness (QED) is 0.402. The van der Waals surface area contributed by atoms with Crippen LogP contribution in [0.4, 0.5) is 0 Å². The Hall–Kier alpha value is -3.83. The molecule has 2 aromatic carbocycles. The number of amides is 2. The highest BCUT2D eigenvalue weighted by molar-refractivity contribution is 7.87. The van der Waals surface area contributed by atoms with Crippen molar-refractivity contribution < 1.29 is 27.5 Å². The van der Waals surface area contributed by atoms with Gasteiger partial charge in [0.2, 0.25) is 0 Å². The van der Waals surface area contributed by atoms with Crippen molar-refractivity contribution in [2.45, 2.75) is 13.3 Å². The van der Waals surface area contributed by atoms with E-state index >= 15 is 0 Å². The standard InChI is InChI=1S/C25H30N4O6S/c1-6-13-26-25(31)20(27-24(30)17-11-12-22(34-4)23(15-17)35-5)14-18-16-29(36(32,33)28(2)3)21-10-8-7-9-19(18)21/h7-12,14-16H,6,13H2,1-5H3,(H,26,31)(H,27,30). The number of ether oxygens (including phenoxy) is 2.